The number of thiazole rings is 1. The van der Waals surface area contributed by atoms with Gasteiger partial charge in [-0.25, -0.2) is 9.37 Å². The number of hydrogen-bond acceptors (Lipinski definition) is 5. The average molecular weight is 309 g/mol. The molecule has 2 atom stereocenters. The van der Waals surface area contributed by atoms with Crippen molar-refractivity contribution in [2.24, 2.45) is 7.05 Å². The minimum Gasteiger partial charge on any atom is -0.337 e. The summed E-state index contributed by atoms with van der Waals surface area (Å²) in [7, 11) is 1.97. The Morgan fingerprint density at radius 1 is 1.52 bits per heavy atom. The molecule has 3 heterocycles. The molecular weight excluding hydrogens is 289 g/mol. The molecule has 0 spiro atoms. The first-order valence-electron chi connectivity index (χ1n) is 7.15. The highest BCUT2D eigenvalue weighted by Gasteiger charge is 2.32. The van der Waals surface area contributed by atoms with Gasteiger partial charge in [0.15, 0.2) is 0 Å². The van der Waals surface area contributed by atoms with E-state index in [-0.39, 0.29) is 6.04 Å². The van der Waals surface area contributed by atoms with E-state index < -0.39 is 6.17 Å². The van der Waals surface area contributed by atoms with E-state index in [0.717, 1.165) is 18.9 Å². The molecule has 0 saturated carbocycles. The van der Waals surface area contributed by atoms with Crippen LogP contribution in [0.1, 0.15) is 17.1 Å². The van der Waals surface area contributed by atoms with Crippen molar-refractivity contribution in [2.75, 3.05) is 13.1 Å². The lowest BCUT2D eigenvalue weighted by Gasteiger charge is -2.23. The van der Waals surface area contributed by atoms with Crippen LogP contribution < -0.4 is 5.32 Å². The second kappa shape index (κ2) is 6.64. The summed E-state index contributed by atoms with van der Waals surface area (Å²) in [5.41, 5.74) is 1.83. The summed E-state index contributed by atoms with van der Waals surface area (Å²) in [5, 5.41) is 3.41. The van der Waals surface area contributed by atoms with Gasteiger partial charge in [0.05, 0.1) is 12.1 Å². The molecule has 0 radical (unpaired) electrons. The molecule has 2 aromatic heterocycles. The molecule has 5 nitrogen and oxygen atoms in total. The largest absolute Gasteiger partial charge is 0.337 e. The van der Waals surface area contributed by atoms with Gasteiger partial charge >= 0.3 is 0 Å². The summed E-state index contributed by atoms with van der Waals surface area (Å²) < 4.78 is 15.7. The standard InChI is InChI=1S/C14H20FN5S/c1-19-3-2-18-14(19)9-20-8-11(15)4-12(20)5-16-6-13-7-17-10-21-13/h2-3,7,10-12,16H,4-6,8-9H2,1H3/t11-,12-/m0/s1. The Bertz CT molecular complexity index is 555. The molecule has 7 heteroatoms. The molecule has 114 valence electrons. The second-order valence-corrected chi connectivity index (χ2v) is 6.44. The minimum absolute atomic E-state index is 0.227. The van der Waals surface area contributed by atoms with Gasteiger partial charge in [-0.2, -0.15) is 0 Å². The van der Waals surface area contributed by atoms with E-state index >= 15 is 0 Å². The Hall–Kier alpha value is -1.31. The van der Waals surface area contributed by atoms with Gasteiger partial charge in [0.2, 0.25) is 0 Å². The number of likely N-dealkylation sites (tertiary alicyclic amines) is 1. The molecule has 0 amide bonds. The number of hydrogen-bond donors (Lipinski definition) is 1. The van der Waals surface area contributed by atoms with Crippen LogP contribution in [-0.2, 0) is 20.1 Å². The zero-order valence-electron chi connectivity index (χ0n) is 12.1. The molecular formula is C14H20FN5S. The van der Waals surface area contributed by atoms with Crippen LogP contribution >= 0.6 is 11.3 Å². The number of halogens is 1. The van der Waals surface area contributed by atoms with E-state index in [1.807, 2.05) is 29.5 Å². The minimum atomic E-state index is -0.736. The van der Waals surface area contributed by atoms with Crippen molar-refractivity contribution in [1.29, 1.82) is 0 Å². The van der Waals surface area contributed by atoms with Gasteiger partial charge in [-0.15, -0.1) is 11.3 Å². The Kier molecular flexibility index (Phi) is 4.62. The van der Waals surface area contributed by atoms with Crippen molar-refractivity contribution in [3.8, 4) is 0 Å². The van der Waals surface area contributed by atoms with Crippen LogP contribution in [0.15, 0.2) is 24.1 Å². The lowest BCUT2D eigenvalue weighted by atomic mass is 10.2. The molecule has 1 saturated heterocycles. The zero-order chi connectivity index (χ0) is 14.7. The summed E-state index contributed by atoms with van der Waals surface area (Å²) in [6, 6.07) is 0.227. The fourth-order valence-corrected chi connectivity index (χ4v) is 3.31. The second-order valence-electron chi connectivity index (χ2n) is 5.47. The monoisotopic (exact) mass is 309 g/mol. The van der Waals surface area contributed by atoms with Gasteiger partial charge in [0, 0.05) is 56.2 Å². The molecule has 0 aliphatic carbocycles. The third kappa shape index (κ3) is 3.66. The maximum atomic E-state index is 13.7. The van der Waals surface area contributed by atoms with Crippen LogP contribution in [-0.4, -0.2) is 44.7 Å². The lowest BCUT2D eigenvalue weighted by Crippen LogP contribution is -2.37. The molecule has 1 aliphatic rings. The zero-order valence-corrected chi connectivity index (χ0v) is 12.9. The van der Waals surface area contributed by atoms with Crippen LogP contribution in [0, 0.1) is 0 Å². The summed E-state index contributed by atoms with van der Waals surface area (Å²) in [6.45, 7) is 2.80. The van der Waals surface area contributed by atoms with Gasteiger partial charge in [-0.1, -0.05) is 0 Å². The number of aryl methyl sites for hydroxylation is 1. The van der Waals surface area contributed by atoms with E-state index in [4.69, 9.17) is 0 Å². The summed E-state index contributed by atoms with van der Waals surface area (Å²) in [4.78, 5) is 11.8. The number of alkyl halides is 1. The molecule has 0 bridgehead atoms. The van der Waals surface area contributed by atoms with Crippen LogP contribution in [0.25, 0.3) is 0 Å². The third-order valence-electron chi connectivity index (χ3n) is 3.90. The quantitative estimate of drug-likeness (QED) is 0.880. The van der Waals surface area contributed by atoms with E-state index in [0.29, 0.717) is 19.5 Å². The predicted octanol–water partition coefficient (Wildman–Crippen LogP) is 1.58. The number of aromatic nitrogens is 3. The first-order chi connectivity index (χ1) is 10.2. The normalized spacial score (nSPS) is 23.0. The number of nitrogens with zero attached hydrogens (tertiary/aromatic N) is 4. The van der Waals surface area contributed by atoms with Crippen molar-refractivity contribution in [2.45, 2.75) is 31.7 Å². The lowest BCUT2D eigenvalue weighted by molar-refractivity contribution is 0.223. The van der Waals surface area contributed by atoms with Crippen molar-refractivity contribution >= 4 is 11.3 Å². The van der Waals surface area contributed by atoms with Crippen LogP contribution in [0.3, 0.4) is 0 Å². The molecule has 3 rings (SSSR count). The first-order valence-corrected chi connectivity index (χ1v) is 8.02. The van der Waals surface area contributed by atoms with Crippen molar-refractivity contribution in [3.63, 3.8) is 0 Å². The van der Waals surface area contributed by atoms with Crippen molar-refractivity contribution < 1.29 is 4.39 Å². The fourth-order valence-electron chi connectivity index (χ4n) is 2.75. The predicted molar refractivity (Wildman–Crippen MR) is 80.7 cm³/mol. The highest BCUT2D eigenvalue weighted by Crippen LogP contribution is 2.22. The number of imidazole rings is 1. The maximum Gasteiger partial charge on any atom is 0.122 e. The number of rotatable bonds is 6. The average Bonchev–Trinajstić information content (AvgIpc) is 3.15. The van der Waals surface area contributed by atoms with Gasteiger partial charge in [-0.05, 0) is 6.42 Å². The maximum absolute atomic E-state index is 13.7. The van der Waals surface area contributed by atoms with Crippen LogP contribution in [0.2, 0.25) is 0 Å². The third-order valence-corrected chi connectivity index (χ3v) is 4.68. The highest BCUT2D eigenvalue weighted by atomic mass is 32.1. The molecule has 21 heavy (non-hydrogen) atoms. The molecule has 0 aromatic carbocycles. The van der Waals surface area contributed by atoms with E-state index in [9.17, 15) is 4.39 Å². The van der Waals surface area contributed by atoms with Crippen molar-refractivity contribution in [3.05, 3.63) is 34.8 Å². The summed E-state index contributed by atoms with van der Waals surface area (Å²) >= 11 is 1.64. The Labute approximate surface area is 127 Å². The summed E-state index contributed by atoms with van der Waals surface area (Å²) in [5.74, 6) is 0.983. The van der Waals surface area contributed by atoms with Crippen molar-refractivity contribution in [1.82, 2.24) is 24.8 Å². The molecule has 1 N–H and O–H groups in total. The molecule has 2 aromatic rings. The molecule has 1 aliphatic heterocycles. The Morgan fingerprint density at radius 3 is 3.14 bits per heavy atom. The van der Waals surface area contributed by atoms with E-state index in [1.165, 1.54) is 4.88 Å². The van der Waals surface area contributed by atoms with Gasteiger partial charge in [0.25, 0.3) is 0 Å². The van der Waals surface area contributed by atoms with Crippen LogP contribution in [0.4, 0.5) is 4.39 Å². The smallest absolute Gasteiger partial charge is 0.122 e. The van der Waals surface area contributed by atoms with Gasteiger partial charge < -0.3 is 9.88 Å². The van der Waals surface area contributed by atoms with Gasteiger partial charge in [0.1, 0.15) is 12.0 Å². The Balaban J connectivity index is 1.53. The van der Waals surface area contributed by atoms with Gasteiger partial charge in [-0.3, -0.25) is 9.88 Å². The SMILES string of the molecule is Cn1ccnc1CN1C[C@@H](F)C[C@H]1CNCc1cncs1. The molecule has 0 unspecified atom stereocenters. The van der Waals surface area contributed by atoms with E-state index in [1.54, 1.807) is 17.5 Å². The summed E-state index contributed by atoms with van der Waals surface area (Å²) in [6.07, 6.45) is 5.45. The van der Waals surface area contributed by atoms with Crippen LogP contribution in [0.5, 0.6) is 0 Å². The highest BCUT2D eigenvalue weighted by molar-refractivity contribution is 7.09. The topological polar surface area (TPSA) is 46.0 Å². The molecule has 1 fully saturated rings. The fraction of sp³-hybridized carbons (Fsp3) is 0.571. The first kappa shape index (κ1) is 14.6. The van der Waals surface area contributed by atoms with E-state index in [2.05, 4.69) is 20.2 Å². The number of nitrogens with one attached hydrogen (secondary N) is 1. The Morgan fingerprint density at radius 2 is 2.43 bits per heavy atom.